The molecule has 82 valence electrons. The molecule has 0 atom stereocenters. The highest BCUT2D eigenvalue weighted by Gasteiger charge is 2.42. The summed E-state index contributed by atoms with van der Waals surface area (Å²) in [5.74, 6) is 0.730. The molecular weight excluding hydrogens is 176 g/mol. The predicted molar refractivity (Wildman–Crippen MR) is 58.1 cm³/mol. The lowest BCUT2D eigenvalue weighted by Gasteiger charge is -2.41. The zero-order chi connectivity index (χ0) is 10.8. The van der Waals surface area contributed by atoms with Gasteiger partial charge in [-0.15, -0.1) is 0 Å². The lowest BCUT2D eigenvalue weighted by atomic mass is 9.69. The Morgan fingerprint density at radius 1 is 1.29 bits per heavy atom. The van der Waals surface area contributed by atoms with E-state index >= 15 is 0 Å². The average Bonchev–Trinajstić information content (AvgIpc) is 2.17. The van der Waals surface area contributed by atoms with E-state index in [2.05, 4.69) is 19.2 Å². The molecule has 1 saturated heterocycles. The Hall–Kier alpha value is -0.570. The van der Waals surface area contributed by atoms with Gasteiger partial charge in [0.05, 0.1) is 5.41 Å². The number of carbonyl (C=O) groups is 1. The highest BCUT2D eigenvalue weighted by molar-refractivity contribution is 5.82. The molecule has 0 unspecified atom stereocenters. The quantitative estimate of drug-likeness (QED) is 0.720. The standard InChI is InChI=1S/C11H22N2O/c1-9(2)11(10(14)13(3)4)5-7-12-8-6-11/h9,12H,5-8H2,1-4H3. The van der Waals surface area contributed by atoms with Crippen LogP contribution in [-0.4, -0.2) is 38.0 Å². The number of piperidine rings is 1. The molecule has 1 N–H and O–H groups in total. The maximum Gasteiger partial charge on any atom is 0.228 e. The fraction of sp³-hybridized carbons (Fsp3) is 0.909. The van der Waals surface area contributed by atoms with E-state index in [1.54, 1.807) is 4.90 Å². The molecule has 0 bridgehead atoms. The van der Waals surface area contributed by atoms with E-state index in [0.29, 0.717) is 11.8 Å². The van der Waals surface area contributed by atoms with Gasteiger partial charge in [0.15, 0.2) is 0 Å². The third kappa shape index (κ3) is 1.92. The highest BCUT2D eigenvalue weighted by Crippen LogP contribution is 2.38. The number of rotatable bonds is 2. The van der Waals surface area contributed by atoms with Crippen LogP contribution in [0.2, 0.25) is 0 Å². The summed E-state index contributed by atoms with van der Waals surface area (Å²) in [6, 6.07) is 0. The number of hydrogen-bond acceptors (Lipinski definition) is 2. The summed E-state index contributed by atoms with van der Waals surface area (Å²) in [4.78, 5) is 13.9. The molecule has 1 fully saturated rings. The first-order valence-corrected chi connectivity index (χ1v) is 5.43. The van der Waals surface area contributed by atoms with Gasteiger partial charge in [-0.25, -0.2) is 0 Å². The molecule has 0 aliphatic carbocycles. The van der Waals surface area contributed by atoms with E-state index in [1.165, 1.54) is 0 Å². The first kappa shape index (κ1) is 11.5. The maximum absolute atomic E-state index is 12.2. The van der Waals surface area contributed by atoms with Crippen LogP contribution in [0.25, 0.3) is 0 Å². The van der Waals surface area contributed by atoms with Gasteiger partial charge >= 0.3 is 0 Å². The summed E-state index contributed by atoms with van der Waals surface area (Å²) in [6.07, 6.45) is 1.95. The molecule has 1 rings (SSSR count). The summed E-state index contributed by atoms with van der Waals surface area (Å²) < 4.78 is 0. The van der Waals surface area contributed by atoms with Gasteiger partial charge in [-0.05, 0) is 31.8 Å². The summed E-state index contributed by atoms with van der Waals surface area (Å²) >= 11 is 0. The molecule has 14 heavy (non-hydrogen) atoms. The Morgan fingerprint density at radius 3 is 2.14 bits per heavy atom. The van der Waals surface area contributed by atoms with Crippen LogP contribution in [0.4, 0.5) is 0 Å². The Bertz CT molecular complexity index is 205. The van der Waals surface area contributed by atoms with Gasteiger partial charge in [0.1, 0.15) is 0 Å². The molecule has 3 heteroatoms. The second-order valence-electron chi connectivity index (χ2n) is 4.76. The first-order valence-electron chi connectivity index (χ1n) is 5.43. The molecule has 0 aromatic heterocycles. The molecule has 1 aliphatic rings. The molecule has 1 amide bonds. The monoisotopic (exact) mass is 198 g/mol. The molecule has 1 heterocycles. The molecular formula is C11H22N2O. The molecule has 0 aromatic carbocycles. The first-order chi connectivity index (χ1) is 6.50. The Morgan fingerprint density at radius 2 is 1.79 bits per heavy atom. The minimum Gasteiger partial charge on any atom is -0.348 e. The third-order valence-electron chi connectivity index (χ3n) is 3.43. The van der Waals surface area contributed by atoms with Crippen molar-refractivity contribution in [2.75, 3.05) is 27.2 Å². The smallest absolute Gasteiger partial charge is 0.228 e. The normalized spacial score (nSPS) is 20.9. The molecule has 3 nitrogen and oxygen atoms in total. The van der Waals surface area contributed by atoms with Crippen molar-refractivity contribution in [2.45, 2.75) is 26.7 Å². The number of nitrogens with one attached hydrogen (secondary N) is 1. The van der Waals surface area contributed by atoms with Crippen molar-refractivity contribution in [2.24, 2.45) is 11.3 Å². The van der Waals surface area contributed by atoms with Crippen LogP contribution in [0.15, 0.2) is 0 Å². The van der Waals surface area contributed by atoms with Crippen molar-refractivity contribution < 1.29 is 4.79 Å². The van der Waals surface area contributed by atoms with Crippen molar-refractivity contribution in [3.63, 3.8) is 0 Å². The van der Waals surface area contributed by atoms with Gasteiger partial charge in [0, 0.05) is 14.1 Å². The van der Waals surface area contributed by atoms with E-state index in [4.69, 9.17) is 0 Å². The van der Waals surface area contributed by atoms with Gasteiger partial charge in [0.25, 0.3) is 0 Å². The van der Waals surface area contributed by atoms with E-state index in [0.717, 1.165) is 25.9 Å². The maximum atomic E-state index is 12.2. The Balaban J connectivity index is 2.85. The number of carbonyl (C=O) groups excluding carboxylic acids is 1. The number of amides is 1. The van der Waals surface area contributed by atoms with E-state index in [-0.39, 0.29) is 5.41 Å². The van der Waals surface area contributed by atoms with E-state index < -0.39 is 0 Å². The van der Waals surface area contributed by atoms with Crippen molar-refractivity contribution in [3.05, 3.63) is 0 Å². The fourth-order valence-electron chi connectivity index (χ4n) is 2.36. The zero-order valence-electron chi connectivity index (χ0n) is 9.76. The zero-order valence-corrected chi connectivity index (χ0v) is 9.76. The lowest BCUT2D eigenvalue weighted by Crippen LogP contribution is -2.50. The fourth-order valence-corrected chi connectivity index (χ4v) is 2.36. The van der Waals surface area contributed by atoms with E-state index in [1.807, 2.05) is 14.1 Å². The highest BCUT2D eigenvalue weighted by atomic mass is 16.2. The van der Waals surface area contributed by atoms with Crippen molar-refractivity contribution in [1.82, 2.24) is 10.2 Å². The van der Waals surface area contributed by atoms with Crippen LogP contribution in [0.5, 0.6) is 0 Å². The summed E-state index contributed by atoms with van der Waals surface area (Å²) in [7, 11) is 3.71. The van der Waals surface area contributed by atoms with Crippen LogP contribution in [0.3, 0.4) is 0 Å². The summed E-state index contributed by atoms with van der Waals surface area (Å²) in [5.41, 5.74) is -0.116. The van der Waals surface area contributed by atoms with Crippen molar-refractivity contribution >= 4 is 5.91 Å². The average molecular weight is 198 g/mol. The predicted octanol–water partition coefficient (Wildman–Crippen LogP) is 1.10. The SMILES string of the molecule is CC(C)C1(C(=O)N(C)C)CCNCC1. The van der Waals surface area contributed by atoms with Crippen LogP contribution in [0, 0.1) is 11.3 Å². The van der Waals surface area contributed by atoms with Crippen LogP contribution in [0.1, 0.15) is 26.7 Å². The Kier molecular flexibility index (Phi) is 3.53. The third-order valence-corrected chi connectivity index (χ3v) is 3.43. The topological polar surface area (TPSA) is 32.3 Å². The van der Waals surface area contributed by atoms with Gasteiger partial charge in [-0.1, -0.05) is 13.8 Å². The van der Waals surface area contributed by atoms with Crippen LogP contribution >= 0.6 is 0 Å². The molecule has 0 saturated carbocycles. The van der Waals surface area contributed by atoms with Gasteiger partial charge < -0.3 is 10.2 Å². The largest absolute Gasteiger partial charge is 0.348 e. The van der Waals surface area contributed by atoms with Crippen molar-refractivity contribution in [3.8, 4) is 0 Å². The van der Waals surface area contributed by atoms with Crippen LogP contribution < -0.4 is 5.32 Å². The van der Waals surface area contributed by atoms with Gasteiger partial charge in [-0.2, -0.15) is 0 Å². The molecule has 1 aliphatic heterocycles. The Labute approximate surface area is 86.9 Å². The van der Waals surface area contributed by atoms with Crippen LogP contribution in [-0.2, 0) is 4.79 Å². The second kappa shape index (κ2) is 4.30. The number of hydrogen-bond donors (Lipinski definition) is 1. The van der Waals surface area contributed by atoms with E-state index in [9.17, 15) is 4.79 Å². The minimum atomic E-state index is -0.116. The lowest BCUT2D eigenvalue weighted by molar-refractivity contribution is -0.144. The van der Waals surface area contributed by atoms with Gasteiger partial charge in [0.2, 0.25) is 5.91 Å². The number of nitrogens with zero attached hydrogens (tertiary/aromatic N) is 1. The molecule has 0 spiro atoms. The van der Waals surface area contributed by atoms with Gasteiger partial charge in [-0.3, -0.25) is 4.79 Å². The summed E-state index contributed by atoms with van der Waals surface area (Å²) in [5, 5.41) is 3.32. The second-order valence-corrected chi connectivity index (χ2v) is 4.76. The molecule has 0 radical (unpaired) electrons. The summed E-state index contributed by atoms with van der Waals surface area (Å²) in [6.45, 7) is 6.26. The van der Waals surface area contributed by atoms with Crippen molar-refractivity contribution in [1.29, 1.82) is 0 Å². The minimum absolute atomic E-state index is 0.116. The molecule has 0 aromatic rings.